The van der Waals surface area contributed by atoms with Crippen molar-refractivity contribution in [3.8, 4) is 0 Å². The number of hydrogen-bond acceptors (Lipinski definition) is 4. The van der Waals surface area contributed by atoms with Crippen molar-refractivity contribution in [2.75, 3.05) is 11.9 Å². The molecule has 8 heteroatoms. The molecule has 0 aliphatic rings. The zero-order valence-corrected chi connectivity index (χ0v) is 13.0. The van der Waals surface area contributed by atoms with Crippen LogP contribution in [0.2, 0.25) is 15.2 Å². The number of nitrogens with one attached hydrogen (secondary N) is 1. The van der Waals surface area contributed by atoms with Crippen molar-refractivity contribution in [1.82, 2.24) is 19.6 Å². The number of benzene rings is 1. The second-order valence-corrected chi connectivity index (χ2v) is 5.58. The maximum atomic E-state index is 6.14. The van der Waals surface area contributed by atoms with Gasteiger partial charge in [0.1, 0.15) is 17.3 Å². The number of fused-ring (bicyclic) bond motifs is 1. The molecule has 2 heterocycles. The van der Waals surface area contributed by atoms with Gasteiger partial charge < -0.3 is 5.32 Å². The molecule has 0 amide bonds. The molecule has 0 bridgehead atoms. The summed E-state index contributed by atoms with van der Waals surface area (Å²) in [6.07, 6.45) is 2.17. The highest BCUT2D eigenvalue weighted by Gasteiger charge is 2.06. The monoisotopic (exact) mass is 341 g/mol. The minimum absolute atomic E-state index is 0.363. The van der Waals surface area contributed by atoms with E-state index < -0.39 is 0 Å². The fraction of sp³-hybridized carbons (Fsp3) is 0.154. The predicted molar refractivity (Wildman–Crippen MR) is 84.4 cm³/mol. The highest BCUT2D eigenvalue weighted by molar-refractivity contribution is 6.35. The third kappa shape index (κ3) is 3.20. The fourth-order valence-electron chi connectivity index (χ4n) is 1.96. The molecule has 0 aliphatic carbocycles. The van der Waals surface area contributed by atoms with E-state index in [0.29, 0.717) is 27.5 Å². The molecular formula is C13H10Cl3N5. The summed E-state index contributed by atoms with van der Waals surface area (Å²) in [4.78, 5) is 8.08. The minimum atomic E-state index is 0.363. The van der Waals surface area contributed by atoms with Gasteiger partial charge in [0.2, 0.25) is 0 Å². The van der Waals surface area contributed by atoms with Crippen LogP contribution in [-0.4, -0.2) is 26.1 Å². The van der Waals surface area contributed by atoms with Crippen LogP contribution in [0.1, 0.15) is 5.56 Å². The maximum absolute atomic E-state index is 6.14. The van der Waals surface area contributed by atoms with Crippen LogP contribution >= 0.6 is 34.8 Å². The van der Waals surface area contributed by atoms with E-state index in [4.69, 9.17) is 34.8 Å². The van der Waals surface area contributed by atoms with E-state index in [-0.39, 0.29) is 0 Å². The molecule has 0 atom stereocenters. The minimum Gasteiger partial charge on any atom is -0.369 e. The van der Waals surface area contributed by atoms with Crippen LogP contribution in [-0.2, 0) is 6.42 Å². The van der Waals surface area contributed by atoms with E-state index in [9.17, 15) is 0 Å². The average Bonchev–Trinajstić information content (AvgIpc) is 2.89. The summed E-state index contributed by atoms with van der Waals surface area (Å²) in [6, 6.07) is 7.17. The van der Waals surface area contributed by atoms with Crippen LogP contribution in [0.25, 0.3) is 5.78 Å². The van der Waals surface area contributed by atoms with Crippen molar-refractivity contribution in [1.29, 1.82) is 0 Å². The molecule has 0 aliphatic heterocycles. The summed E-state index contributed by atoms with van der Waals surface area (Å²) < 4.78 is 1.59. The first kappa shape index (κ1) is 14.4. The second-order valence-electron chi connectivity index (χ2n) is 4.35. The third-order valence-electron chi connectivity index (χ3n) is 2.94. The van der Waals surface area contributed by atoms with Crippen molar-refractivity contribution in [3.05, 3.63) is 51.4 Å². The second kappa shape index (κ2) is 6.05. The molecule has 1 aromatic carbocycles. The van der Waals surface area contributed by atoms with Gasteiger partial charge in [0.15, 0.2) is 0 Å². The quantitative estimate of drug-likeness (QED) is 0.734. The van der Waals surface area contributed by atoms with Gasteiger partial charge in [-0.05, 0) is 24.1 Å². The van der Waals surface area contributed by atoms with E-state index in [1.54, 1.807) is 16.6 Å². The van der Waals surface area contributed by atoms with E-state index in [1.807, 2.05) is 12.1 Å². The van der Waals surface area contributed by atoms with Crippen molar-refractivity contribution in [3.63, 3.8) is 0 Å². The van der Waals surface area contributed by atoms with E-state index in [2.05, 4.69) is 20.4 Å². The Hall–Kier alpha value is -1.56. The standard InChI is InChI=1S/C13H10Cl3N5/c14-9-2-1-8(10(15)5-9)3-4-17-12-6-11(16)20-13-18-7-19-21(12)13/h1-2,5-7,17H,3-4H2. The van der Waals surface area contributed by atoms with E-state index >= 15 is 0 Å². The zero-order chi connectivity index (χ0) is 14.8. The molecule has 0 saturated heterocycles. The summed E-state index contributed by atoms with van der Waals surface area (Å²) in [5.41, 5.74) is 1.02. The van der Waals surface area contributed by atoms with Crippen molar-refractivity contribution < 1.29 is 0 Å². The van der Waals surface area contributed by atoms with Crippen LogP contribution in [0.5, 0.6) is 0 Å². The third-order valence-corrected chi connectivity index (χ3v) is 3.72. The van der Waals surface area contributed by atoms with Crippen molar-refractivity contribution in [2.45, 2.75) is 6.42 Å². The van der Waals surface area contributed by atoms with Crippen LogP contribution in [0.15, 0.2) is 30.6 Å². The average molecular weight is 343 g/mol. The predicted octanol–water partition coefficient (Wildman–Crippen LogP) is 3.74. The Labute approximate surface area is 135 Å². The highest BCUT2D eigenvalue weighted by atomic mass is 35.5. The molecule has 1 N–H and O–H groups in total. The lowest BCUT2D eigenvalue weighted by Crippen LogP contribution is -2.10. The van der Waals surface area contributed by atoms with Gasteiger partial charge in [-0.2, -0.15) is 19.6 Å². The molecule has 3 aromatic rings. The van der Waals surface area contributed by atoms with E-state index in [1.165, 1.54) is 6.33 Å². The molecule has 108 valence electrons. The van der Waals surface area contributed by atoms with Crippen LogP contribution in [0.3, 0.4) is 0 Å². The Bertz CT molecular complexity index is 787. The topological polar surface area (TPSA) is 55.1 Å². The van der Waals surface area contributed by atoms with E-state index in [0.717, 1.165) is 17.8 Å². The number of hydrogen-bond donors (Lipinski definition) is 1. The molecule has 0 radical (unpaired) electrons. The molecule has 0 unspecified atom stereocenters. The van der Waals surface area contributed by atoms with Crippen molar-refractivity contribution in [2.24, 2.45) is 0 Å². The first-order valence-electron chi connectivity index (χ1n) is 6.17. The molecular weight excluding hydrogens is 333 g/mol. The van der Waals surface area contributed by atoms with Crippen LogP contribution < -0.4 is 5.32 Å². The number of aromatic nitrogens is 4. The first-order chi connectivity index (χ1) is 10.1. The summed E-state index contributed by atoms with van der Waals surface area (Å²) in [7, 11) is 0. The van der Waals surface area contributed by atoms with Gasteiger partial charge >= 0.3 is 0 Å². The van der Waals surface area contributed by atoms with Crippen LogP contribution in [0.4, 0.5) is 5.82 Å². The molecule has 0 saturated carbocycles. The zero-order valence-electron chi connectivity index (χ0n) is 10.7. The fourth-order valence-corrected chi connectivity index (χ4v) is 2.64. The lowest BCUT2D eigenvalue weighted by molar-refractivity contribution is 0.913. The molecule has 2 aromatic heterocycles. The number of rotatable bonds is 4. The molecule has 0 fully saturated rings. The Morgan fingerprint density at radius 2 is 2.00 bits per heavy atom. The normalized spacial score (nSPS) is 11.0. The van der Waals surface area contributed by atoms with Gasteiger partial charge in [-0.3, -0.25) is 0 Å². The lowest BCUT2D eigenvalue weighted by atomic mass is 10.1. The Morgan fingerprint density at radius 3 is 2.81 bits per heavy atom. The SMILES string of the molecule is Clc1ccc(CCNc2cc(Cl)nc3ncnn23)c(Cl)c1. The van der Waals surface area contributed by atoms with Gasteiger partial charge in [-0.15, -0.1) is 0 Å². The number of nitrogens with zero attached hydrogens (tertiary/aromatic N) is 4. The van der Waals surface area contributed by atoms with Gasteiger partial charge in [0.05, 0.1) is 0 Å². The number of anilines is 1. The Balaban J connectivity index is 1.73. The summed E-state index contributed by atoms with van der Waals surface area (Å²) in [5, 5.41) is 8.99. The summed E-state index contributed by atoms with van der Waals surface area (Å²) in [5.74, 6) is 1.18. The summed E-state index contributed by atoms with van der Waals surface area (Å²) in [6.45, 7) is 0.663. The first-order valence-corrected chi connectivity index (χ1v) is 7.31. The smallest absolute Gasteiger partial charge is 0.255 e. The molecule has 0 spiro atoms. The lowest BCUT2D eigenvalue weighted by Gasteiger charge is -2.09. The largest absolute Gasteiger partial charge is 0.369 e. The van der Waals surface area contributed by atoms with Crippen molar-refractivity contribution >= 4 is 46.4 Å². The molecule has 3 rings (SSSR count). The maximum Gasteiger partial charge on any atom is 0.255 e. The summed E-state index contributed by atoms with van der Waals surface area (Å²) >= 11 is 18.0. The highest BCUT2D eigenvalue weighted by Crippen LogP contribution is 2.21. The molecule has 21 heavy (non-hydrogen) atoms. The van der Waals surface area contributed by atoms with Crippen LogP contribution in [0, 0.1) is 0 Å². The van der Waals surface area contributed by atoms with Gasteiger partial charge in [0.25, 0.3) is 5.78 Å². The van der Waals surface area contributed by atoms with Gasteiger partial charge in [-0.25, -0.2) is 0 Å². The Morgan fingerprint density at radius 1 is 1.14 bits per heavy atom. The number of halogens is 3. The Kier molecular flexibility index (Phi) is 4.14. The molecule has 5 nitrogen and oxygen atoms in total. The van der Waals surface area contributed by atoms with Gasteiger partial charge in [-0.1, -0.05) is 40.9 Å². The van der Waals surface area contributed by atoms with Gasteiger partial charge in [0, 0.05) is 22.7 Å².